The third kappa shape index (κ3) is 1.34. The Morgan fingerprint density at radius 2 is 1.94 bits per heavy atom. The van der Waals surface area contributed by atoms with Gasteiger partial charge < -0.3 is 4.74 Å². The van der Waals surface area contributed by atoms with Gasteiger partial charge in [-0.25, -0.2) is 4.79 Å². The van der Waals surface area contributed by atoms with Crippen molar-refractivity contribution in [1.82, 2.24) is 0 Å². The molecule has 0 aromatic heterocycles. The van der Waals surface area contributed by atoms with Gasteiger partial charge in [0.15, 0.2) is 0 Å². The SMILES string of the molecule is CC(C)C1CC2=C3C(=O)OC(=O)C3C1C(C)C2. The van der Waals surface area contributed by atoms with Crippen LogP contribution >= 0.6 is 0 Å². The van der Waals surface area contributed by atoms with Crippen molar-refractivity contribution in [2.45, 2.75) is 33.6 Å². The Bertz CT molecular complexity index is 433. The molecule has 4 rings (SSSR count). The van der Waals surface area contributed by atoms with E-state index in [4.69, 9.17) is 4.74 Å². The summed E-state index contributed by atoms with van der Waals surface area (Å²) in [7, 11) is 0. The van der Waals surface area contributed by atoms with Crippen LogP contribution in [-0.4, -0.2) is 11.9 Å². The highest BCUT2D eigenvalue weighted by molar-refractivity contribution is 6.08. The number of cyclic esters (lactones) is 2. The predicted octanol–water partition coefficient (Wildman–Crippen LogP) is 2.31. The number of carbonyl (C=O) groups excluding carboxylic acids is 2. The minimum Gasteiger partial charge on any atom is -0.389 e. The van der Waals surface area contributed by atoms with Crippen molar-refractivity contribution in [2.75, 3.05) is 0 Å². The second-order valence-corrected chi connectivity index (χ2v) is 6.07. The van der Waals surface area contributed by atoms with Crippen LogP contribution in [0.1, 0.15) is 33.6 Å². The van der Waals surface area contributed by atoms with E-state index in [1.165, 1.54) is 5.57 Å². The quantitative estimate of drug-likeness (QED) is 0.516. The Kier molecular flexibility index (Phi) is 2.22. The molecule has 0 amide bonds. The second-order valence-electron chi connectivity index (χ2n) is 6.07. The van der Waals surface area contributed by atoms with Gasteiger partial charge in [-0.1, -0.05) is 26.3 Å². The van der Waals surface area contributed by atoms with Gasteiger partial charge in [0.05, 0.1) is 11.5 Å². The van der Waals surface area contributed by atoms with E-state index in [2.05, 4.69) is 20.8 Å². The van der Waals surface area contributed by atoms with Crippen LogP contribution < -0.4 is 0 Å². The first-order chi connectivity index (χ1) is 8.00. The van der Waals surface area contributed by atoms with Crippen molar-refractivity contribution in [3.8, 4) is 0 Å². The average Bonchev–Trinajstić information content (AvgIpc) is 2.55. The Hall–Kier alpha value is -1.12. The number of rotatable bonds is 1. The van der Waals surface area contributed by atoms with Crippen molar-refractivity contribution in [3.05, 3.63) is 11.1 Å². The van der Waals surface area contributed by atoms with Crippen molar-refractivity contribution in [2.24, 2.45) is 29.6 Å². The van der Waals surface area contributed by atoms with Crippen LogP contribution in [0.15, 0.2) is 11.1 Å². The van der Waals surface area contributed by atoms with E-state index in [-0.39, 0.29) is 17.9 Å². The monoisotopic (exact) mass is 234 g/mol. The number of ether oxygens (including phenoxy) is 1. The standard InChI is InChI=1S/C14H18O3/c1-6(2)9-5-8-4-7(3)10(9)12-11(8)13(15)17-14(12)16/h6-7,9-10,12H,4-5H2,1-3H3. The highest BCUT2D eigenvalue weighted by Gasteiger charge is 2.55. The summed E-state index contributed by atoms with van der Waals surface area (Å²) in [6, 6.07) is 0. The predicted molar refractivity (Wildman–Crippen MR) is 61.8 cm³/mol. The fraction of sp³-hybridized carbons (Fsp3) is 0.714. The molecule has 4 aliphatic rings. The molecule has 0 aromatic rings. The molecule has 1 heterocycles. The molecule has 2 fully saturated rings. The summed E-state index contributed by atoms with van der Waals surface area (Å²) in [6.07, 6.45) is 1.96. The molecule has 3 aliphatic carbocycles. The van der Waals surface area contributed by atoms with Gasteiger partial charge in [0, 0.05) is 0 Å². The third-order valence-corrected chi connectivity index (χ3v) is 4.80. The summed E-state index contributed by atoms with van der Waals surface area (Å²) in [6.45, 7) is 6.62. The Balaban J connectivity index is 2.10. The van der Waals surface area contributed by atoms with Gasteiger partial charge >= 0.3 is 11.9 Å². The normalized spacial score (nSPS) is 40.0. The molecule has 3 heteroatoms. The minimum atomic E-state index is -0.367. The van der Waals surface area contributed by atoms with Crippen molar-refractivity contribution in [1.29, 1.82) is 0 Å². The number of carbonyl (C=O) groups is 2. The second kappa shape index (κ2) is 3.44. The van der Waals surface area contributed by atoms with E-state index < -0.39 is 0 Å². The van der Waals surface area contributed by atoms with Crippen molar-refractivity contribution in [3.63, 3.8) is 0 Å². The minimum absolute atomic E-state index is 0.248. The van der Waals surface area contributed by atoms with Gasteiger partial charge in [-0.2, -0.15) is 0 Å². The smallest absolute Gasteiger partial charge is 0.342 e. The van der Waals surface area contributed by atoms with Crippen LogP contribution in [0.5, 0.6) is 0 Å². The first-order valence-corrected chi connectivity index (χ1v) is 6.48. The summed E-state index contributed by atoms with van der Waals surface area (Å²) < 4.78 is 4.83. The molecule has 3 nitrogen and oxygen atoms in total. The third-order valence-electron chi connectivity index (χ3n) is 4.80. The average molecular weight is 234 g/mol. The number of fused-ring (bicyclic) bond motifs is 2. The zero-order valence-corrected chi connectivity index (χ0v) is 10.5. The van der Waals surface area contributed by atoms with E-state index in [0.717, 1.165) is 18.4 Å². The van der Waals surface area contributed by atoms with E-state index in [9.17, 15) is 9.59 Å². The number of hydrogen-bond acceptors (Lipinski definition) is 3. The van der Waals surface area contributed by atoms with Crippen LogP contribution in [-0.2, 0) is 14.3 Å². The van der Waals surface area contributed by atoms with Gasteiger partial charge in [-0.15, -0.1) is 0 Å². The summed E-state index contributed by atoms with van der Waals surface area (Å²) in [5, 5.41) is 0. The van der Waals surface area contributed by atoms with Crippen LogP contribution in [0.4, 0.5) is 0 Å². The molecule has 17 heavy (non-hydrogen) atoms. The van der Waals surface area contributed by atoms with E-state index >= 15 is 0 Å². The van der Waals surface area contributed by atoms with Gasteiger partial charge in [-0.05, 0) is 36.5 Å². The molecule has 0 aromatic carbocycles. The van der Waals surface area contributed by atoms with Crippen molar-refractivity contribution >= 4 is 11.9 Å². The summed E-state index contributed by atoms with van der Waals surface area (Å²) in [4.78, 5) is 23.5. The Morgan fingerprint density at radius 3 is 2.59 bits per heavy atom. The van der Waals surface area contributed by atoms with Gasteiger partial charge in [0.25, 0.3) is 0 Å². The molecule has 2 bridgehead atoms. The van der Waals surface area contributed by atoms with Crippen LogP contribution in [0.25, 0.3) is 0 Å². The lowest BCUT2D eigenvalue weighted by Crippen LogP contribution is -2.43. The fourth-order valence-electron chi connectivity index (χ4n) is 4.09. The Labute approximate surface area is 101 Å². The largest absolute Gasteiger partial charge is 0.389 e. The molecule has 0 radical (unpaired) electrons. The molecular weight excluding hydrogens is 216 g/mol. The van der Waals surface area contributed by atoms with Gasteiger partial charge in [-0.3, -0.25) is 4.79 Å². The first kappa shape index (κ1) is 11.0. The molecule has 92 valence electrons. The lowest BCUT2D eigenvalue weighted by atomic mass is 9.55. The van der Waals surface area contributed by atoms with Gasteiger partial charge in [0.2, 0.25) is 0 Å². The lowest BCUT2D eigenvalue weighted by molar-refractivity contribution is -0.153. The van der Waals surface area contributed by atoms with E-state index in [1.54, 1.807) is 0 Å². The summed E-state index contributed by atoms with van der Waals surface area (Å²) in [5.74, 6) is 0.976. The van der Waals surface area contributed by atoms with Crippen LogP contribution in [0.3, 0.4) is 0 Å². The highest BCUT2D eigenvalue weighted by Crippen LogP contribution is 2.55. The number of esters is 2. The molecule has 4 atom stereocenters. The maximum absolute atomic E-state index is 11.8. The summed E-state index contributed by atoms with van der Waals surface area (Å²) in [5.41, 5.74) is 1.91. The zero-order chi connectivity index (χ0) is 12.3. The zero-order valence-electron chi connectivity index (χ0n) is 10.5. The molecule has 1 aliphatic heterocycles. The first-order valence-electron chi connectivity index (χ1n) is 6.48. The fourth-order valence-corrected chi connectivity index (χ4v) is 4.09. The molecule has 0 N–H and O–H groups in total. The molecule has 1 saturated heterocycles. The molecule has 1 saturated carbocycles. The summed E-state index contributed by atoms with van der Waals surface area (Å²) >= 11 is 0. The van der Waals surface area contributed by atoms with Crippen molar-refractivity contribution < 1.29 is 14.3 Å². The molecule has 0 spiro atoms. The highest BCUT2D eigenvalue weighted by atomic mass is 16.6. The maximum atomic E-state index is 11.8. The van der Waals surface area contributed by atoms with E-state index in [0.29, 0.717) is 23.7 Å². The van der Waals surface area contributed by atoms with Crippen LogP contribution in [0.2, 0.25) is 0 Å². The maximum Gasteiger partial charge on any atom is 0.342 e. The topological polar surface area (TPSA) is 43.4 Å². The number of allylic oxidation sites excluding steroid dienone is 1. The Morgan fingerprint density at radius 1 is 1.24 bits per heavy atom. The van der Waals surface area contributed by atoms with Crippen LogP contribution in [0, 0.1) is 29.6 Å². The molecule has 4 unspecified atom stereocenters. The van der Waals surface area contributed by atoms with E-state index in [1.807, 2.05) is 0 Å². The van der Waals surface area contributed by atoms with Gasteiger partial charge in [0.1, 0.15) is 0 Å². The lowest BCUT2D eigenvalue weighted by Gasteiger charge is -2.47. The number of hydrogen-bond donors (Lipinski definition) is 0. The molecular formula is C14H18O3.